The molecule has 24 heavy (non-hydrogen) atoms. The van der Waals surface area contributed by atoms with E-state index in [2.05, 4.69) is 46.9 Å². The summed E-state index contributed by atoms with van der Waals surface area (Å²) in [5.74, 6) is 1.10. The summed E-state index contributed by atoms with van der Waals surface area (Å²) < 4.78 is 5.95. The summed E-state index contributed by atoms with van der Waals surface area (Å²) in [4.78, 5) is 7.50. The molecule has 0 radical (unpaired) electrons. The van der Waals surface area contributed by atoms with Gasteiger partial charge in [0, 0.05) is 51.0 Å². The van der Waals surface area contributed by atoms with Gasteiger partial charge in [-0.15, -0.1) is 0 Å². The SMILES string of the molecule is CCOc1cc(N2CCCC2)ccc1CCCN1CCN(C)CC1. The molecule has 2 aliphatic rings. The van der Waals surface area contributed by atoms with E-state index in [1.807, 2.05) is 0 Å². The second-order valence-electron chi connectivity index (χ2n) is 7.17. The van der Waals surface area contributed by atoms with E-state index >= 15 is 0 Å². The van der Waals surface area contributed by atoms with Crippen molar-refractivity contribution >= 4 is 5.69 Å². The molecule has 4 nitrogen and oxygen atoms in total. The van der Waals surface area contributed by atoms with E-state index in [1.54, 1.807) is 0 Å². The lowest BCUT2D eigenvalue weighted by Crippen LogP contribution is -2.44. The molecule has 1 aromatic rings. The Morgan fingerprint density at radius 2 is 1.75 bits per heavy atom. The predicted octanol–water partition coefficient (Wildman–Crippen LogP) is 2.87. The fourth-order valence-corrected chi connectivity index (χ4v) is 3.78. The Balaban J connectivity index is 1.55. The van der Waals surface area contributed by atoms with E-state index < -0.39 is 0 Å². The van der Waals surface area contributed by atoms with Crippen LogP contribution in [0.25, 0.3) is 0 Å². The fraction of sp³-hybridized carbons (Fsp3) is 0.700. The van der Waals surface area contributed by atoms with E-state index in [1.165, 1.54) is 76.3 Å². The summed E-state index contributed by atoms with van der Waals surface area (Å²) in [5, 5.41) is 0. The third kappa shape index (κ3) is 4.64. The number of likely N-dealkylation sites (N-methyl/N-ethyl adjacent to an activating group) is 1. The van der Waals surface area contributed by atoms with Crippen molar-refractivity contribution in [2.75, 3.05) is 64.4 Å². The van der Waals surface area contributed by atoms with Crippen LogP contribution in [-0.2, 0) is 6.42 Å². The topological polar surface area (TPSA) is 19.0 Å². The average Bonchev–Trinajstić information content (AvgIpc) is 3.13. The normalized spacial score (nSPS) is 19.8. The first kappa shape index (κ1) is 17.6. The molecule has 0 saturated carbocycles. The standard InChI is InChI=1S/C20H33N3O/c1-3-24-20-17-19(23-11-4-5-12-23)9-8-18(20)7-6-10-22-15-13-21(2)14-16-22/h8-9,17H,3-7,10-16H2,1-2H3. The first-order valence-corrected chi connectivity index (χ1v) is 9.68. The molecule has 2 saturated heterocycles. The average molecular weight is 332 g/mol. The van der Waals surface area contributed by atoms with E-state index in [4.69, 9.17) is 4.74 Å². The van der Waals surface area contributed by atoms with E-state index in [9.17, 15) is 0 Å². The summed E-state index contributed by atoms with van der Waals surface area (Å²) in [6, 6.07) is 6.85. The minimum absolute atomic E-state index is 0.745. The minimum atomic E-state index is 0.745. The van der Waals surface area contributed by atoms with Crippen molar-refractivity contribution in [2.45, 2.75) is 32.6 Å². The molecule has 1 aromatic carbocycles. The summed E-state index contributed by atoms with van der Waals surface area (Å²) in [6.07, 6.45) is 4.96. The summed E-state index contributed by atoms with van der Waals surface area (Å²) in [7, 11) is 2.22. The molecule has 0 amide bonds. The first-order chi connectivity index (χ1) is 11.8. The van der Waals surface area contributed by atoms with Crippen LogP contribution in [0.4, 0.5) is 5.69 Å². The van der Waals surface area contributed by atoms with Crippen LogP contribution in [0.2, 0.25) is 0 Å². The zero-order valence-electron chi connectivity index (χ0n) is 15.5. The van der Waals surface area contributed by atoms with Crippen molar-refractivity contribution in [1.29, 1.82) is 0 Å². The molecule has 0 aromatic heterocycles. The van der Waals surface area contributed by atoms with E-state index in [0.717, 1.165) is 18.8 Å². The van der Waals surface area contributed by atoms with Gasteiger partial charge in [0.1, 0.15) is 5.75 Å². The molecule has 2 heterocycles. The number of piperazine rings is 1. The van der Waals surface area contributed by atoms with Crippen LogP contribution in [0.1, 0.15) is 31.7 Å². The van der Waals surface area contributed by atoms with Gasteiger partial charge in [0.05, 0.1) is 6.61 Å². The zero-order valence-corrected chi connectivity index (χ0v) is 15.5. The zero-order chi connectivity index (χ0) is 16.8. The van der Waals surface area contributed by atoms with Gasteiger partial charge in [-0.2, -0.15) is 0 Å². The minimum Gasteiger partial charge on any atom is -0.494 e. The van der Waals surface area contributed by atoms with Crippen LogP contribution < -0.4 is 9.64 Å². The van der Waals surface area contributed by atoms with Crippen LogP contribution in [-0.4, -0.2) is 69.3 Å². The highest BCUT2D eigenvalue weighted by Crippen LogP contribution is 2.29. The third-order valence-corrected chi connectivity index (χ3v) is 5.34. The molecule has 0 bridgehead atoms. The molecule has 0 atom stereocenters. The number of rotatable bonds is 7. The number of benzene rings is 1. The smallest absolute Gasteiger partial charge is 0.124 e. The summed E-state index contributed by atoms with van der Waals surface area (Å²) in [5.41, 5.74) is 2.70. The van der Waals surface area contributed by atoms with Crippen LogP contribution in [0.15, 0.2) is 18.2 Å². The van der Waals surface area contributed by atoms with Gasteiger partial charge in [0.25, 0.3) is 0 Å². The summed E-state index contributed by atoms with van der Waals surface area (Å²) >= 11 is 0. The van der Waals surface area contributed by atoms with Gasteiger partial charge in [-0.3, -0.25) is 0 Å². The molecular formula is C20H33N3O. The van der Waals surface area contributed by atoms with Gasteiger partial charge in [-0.05, 0) is 57.8 Å². The highest BCUT2D eigenvalue weighted by molar-refractivity contribution is 5.54. The second kappa shape index (κ2) is 8.72. The lowest BCUT2D eigenvalue weighted by molar-refractivity contribution is 0.153. The molecule has 4 heteroatoms. The van der Waals surface area contributed by atoms with E-state index in [-0.39, 0.29) is 0 Å². The lowest BCUT2D eigenvalue weighted by Gasteiger charge is -2.32. The Morgan fingerprint density at radius 3 is 2.46 bits per heavy atom. The molecule has 0 aliphatic carbocycles. The largest absolute Gasteiger partial charge is 0.494 e. The highest BCUT2D eigenvalue weighted by atomic mass is 16.5. The van der Waals surface area contributed by atoms with Crippen molar-refractivity contribution in [3.63, 3.8) is 0 Å². The maximum absolute atomic E-state index is 5.95. The molecule has 0 unspecified atom stereocenters. The monoisotopic (exact) mass is 331 g/mol. The Kier molecular flexibility index (Phi) is 6.38. The molecule has 3 rings (SSSR count). The second-order valence-corrected chi connectivity index (χ2v) is 7.17. The van der Waals surface area contributed by atoms with Gasteiger partial charge in [-0.1, -0.05) is 6.07 Å². The number of aryl methyl sites for hydroxylation is 1. The first-order valence-electron chi connectivity index (χ1n) is 9.68. The quantitative estimate of drug-likeness (QED) is 0.765. The van der Waals surface area contributed by atoms with E-state index in [0.29, 0.717) is 0 Å². The van der Waals surface area contributed by atoms with Crippen molar-refractivity contribution in [2.24, 2.45) is 0 Å². The number of anilines is 1. The fourth-order valence-electron chi connectivity index (χ4n) is 3.78. The Morgan fingerprint density at radius 1 is 1.00 bits per heavy atom. The predicted molar refractivity (Wildman–Crippen MR) is 101 cm³/mol. The molecule has 2 fully saturated rings. The molecular weight excluding hydrogens is 298 g/mol. The van der Waals surface area contributed by atoms with Crippen LogP contribution in [0, 0.1) is 0 Å². The maximum atomic E-state index is 5.95. The van der Waals surface area contributed by atoms with Gasteiger partial charge >= 0.3 is 0 Å². The lowest BCUT2D eigenvalue weighted by atomic mass is 10.1. The van der Waals surface area contributed by atoms with Crippen molar-refractivity contribution in [3.05, 3.63) is 23.8 Å². The van der Waals surface area contributed by atoms with Crippen molar-refractivity contribution in [1.82, 2.24) is 9.80 Å². The third-order valence-electron chi connectivity index (χ3n) is 5.34. The Labute approximate surface area is 147 Å². The van der Waals surface area contributed by atoms with Crippen molar-refractivity contribution < 1.29 is 4.74 Å². The van der Waals surface area contributed by atoms with Crippen LogP contribution >= 0.6 is 0 Å². The molecule has 134 valence electrons. The van der Waals surface area contributed by atoms with Gasteiger partial charge < -0.3 is 19.4 Å². The highest BCUT2D eigenvalue weighted by Gasteiger charge is 2.16. The molecule has 0 spiro atoms. The van der Waals surface area contributed by atoms with Crippen LogP contribution in [0.5, 0.6) is 5.75 Å². The van der Waals surface area contributed by atoms with Crippen LogP contribution in [0.3, 0.4) is 0 Å². The Bertz CT molecular complexity index is 506. The number of nitrogens with zero attached hydrogens (tertiary/aromatic N) is 3. The molecule has 2 aliphatic heterocycles. The Hall–Kier alpha value is -1.26. The summed E-state index contributed by atoms with van der Waals surface area (Å²) in [6.45, 7) is 11.2. The number of hydrogen-bond donors (Lipinski definition) is 0. The number of ether oxygens (including phenoxy) is 1. The maximum Gasteiger partial charge on any atom is 0.124 e. The number of hydrogen-bond acceptors (Lipinski definition) is 4. The molecule has 0 N–H and O–H groups in total. The van der Waals surface area contributed by atoms with Gasteiger partial charge in [0.2, 0.25) is 0 Å². The van der Waals surface area contributed by atoms with Gasteiger partial charge in [0.15, 0.2) is 0 Å². The van der Waals surface area contributed by atoms with Gasteiger partial charge in [-0.25, -0.2) is 0 Å². The van der Waals surface area contributed by atoms with Crippen molar-refractivity contribution in [3.8, 4) is 5.75 Å².